The van der Waals surface area contributed by atoms with Crippen LogP contribution in [0.25, 0.3) is 0 Å². The van der Waals surface area contributed by atoms with Crippen molar-refractivity contribution in [2.24, 2.45) is 5.10 Å². The molecule has 10 heteroatoms. The number of anilines is 1. The van der Waals surface area contributed by atoms with E-state index in [0.717, 1.165) is 22.3 Å². The number of nitrogens with zero attached hydrogens (tertiary/aromatic N) is 3. The molecule has 0 N–H and O–H groups in total. The number of nitro groups is 1. The van der Waals surface area contributed by atoms with Gasteiger partial charge in [0.2, 0.25) is 0 Å². The lowest BCUT2D eigenvalue weighted by molar-refractivity contribution is -0.384. The third-order valence-electron chi connectivity index (χ3n) is 6.75. The molecular formula is C29H19Cl2N3O3S2. The molecule has 6 rings (SSSR count). The minimum absolute atomic E-state index is 0.0217. The highest BCUT2D eigenvalue weighted by Crippen LogP contribution is 2.71. The Hall–Kier alpha value is -3.30. The quantitative estimate of drug-likeness (QED) is 0.172. The molecule has 2 aliphatic heterocycles. The second-order valence-corrected chi connectivity index (χ2v) is 12.8. The van der Waals surface area contributed by atoms with Gasteiger partial charge in [-0.25, -0.2) is 5.01 Å². The maximum absolute atomic E-state index is 12.7. The van der Waals surface area contributed by atoms with Crippen molar-refractivity contribution in [2.75, 3.05) is 5.01 Å². The number of carbonyl (C=O) groups excluding carboxylic acids is 1. The molecule has 2 aliphatic rings. The molecule has 194 valence electrons. The van der Waals surface area contributed by atoms with E-state index in [1.54, 1.807) is 23.9 Å². The van der Waals surface area contributed by atoms with E-state index in [2.05, 4.69) is 12.1 Å². The van der Waals surface area contributed by atoms with Crippen LogP contribution in [-0.2, 0) is 13.7 Å². The zero-order chi connectivity index (χ0) is 27.4. The second-order valence-electron chi connectivity index (χ2n) is 9.07. The number of Topliss-reactive ketones (excluding diaryl/α,β-unsaturated/α-hetero) is 1. The van der Waals surface area contributed by atoms with Gasteiger partial charge in [0.15, 0.2) is 15.0 Å². The highest BCUT2D eigenvalue weighted by molar-refractivity contribution is 8.27. The Morgan fingerprint density at radius 2 is 1.38 bits per heavy atom. The highest BCUT2D eigenvalue weighted by Gasteiger charge is 2.61. The molecule has 0 aliphatic carbocycles. The lowest BCUT2D eigenvalue weighted by Gasteiger charge is -2.37. The van der Waals surface area contributed by atoms with Gasteiger partial charge in [0.05, 0.1) is 15.4 Å². The smallest absolute Gasteiger partial charge is 0.269 e. The van der Waals surface area contributed by atoms with Gasteiger partial charge in [-0.1, -0.05) is 95.3 Å². The first-order valence-electron chi connectivity index (χ1n) is 11.9. The van der Waals surface area contributed by atoms with Crippen molar-refractivity contribution in [3.8, 4) is 0 Å². The van der Waals surface area contributed by atoms with Crippen molar-refractivity contribution in [1.29, 1.82) is 0 Å². The number of carbonyl (C=O) groups is 1. The normalized spacial score (nSPS) is 19.2. The number of fused-ring (bicyclic) bond motifs is 2. The fourth-order valence-corrected chi connectivity index (χ4v) is 8.83. The summed E-state index contributed by atoms with van der Waals surface area (Å²) in [5, 5.41) is 19.5. The lowest BCUT2D eigenvalue weighted by atomic mass is 9.82. The summed E-state index contributed by atoms with van der Waals surface area (Å²) < 4.78 is -1.59. The number of hydrogen-bond donors (Lipinski definition) is 0. The number of non-ortho nitro benzene ring substituents is 1. The Bertz CT molecular complexity index is 1600. The summed E-state index contributed by atoms with van der Waals surface area (Å²) in [6, 6.07) is 29.9. The minimum Gasteiger partial charge on any atom is -0.292 e. The average Bonchev–Trinajstić information content (AvgIpc) is 3.47. The Morgan fingerprint density at radius 3 is 1.90 bits per heavy atom. The molecule has 0 amide bonds. The summed E-state index contributed by atoms with van der Waals surface area (Å²) in [4.78, 5) is 23.6. The van der Waals surface area contributed by atoms with Crippen LogP contribution in [-0.4, -0.2) is 15.8 Å². The van der Waals surface area contributed by atoms with Crippen molar-refractivity contribution in [2.45, 2.75) is 15.9 Å². The maximum atomic E-state index is 12.7. The second kappa shape index (κ2) is 9.71. The van der Waals surface area contributed by atoms with Crippen LogP contribution in [0.15, 0.2) is 102 Å². The van der Waals surface area contributed by atoms with E-state index in [1.807, 2.05) is 65.7 Å². The molecule has 0 radical (unpaired) electrons. The van der Waals surface area contributed by atoms with E-state index < -0.39 is 13.9 Å². The molecule has 4 aromatic carbocycles. The number of rotatable bonds is 5. The maximum Gasteiger partial charge on any atom is 0.269 e. The van der Waals surface area contributed by atoms with Crippen LogP contribution < -0.4 is 5.01 Å². The topological polar surface area (TPSA) is 75.8 Å². The molecule has 39 heavy (non-hydrogen) atoms. The molecule has 6 nitrogen and oxygen atoms in total. The van der Waals surface area contributed by atoms with E-state index in [9.17, 15) is 14.9 Å². The zero-order valence-electron chi connectivity index (χ0n) is 20.4. The number of nitro benzene ring substituents is 1. The van der Waals surface area contributed by atoms with Crippen LogP contribution in [0, 0.1) is 10.1 Å². The molecule has 1 atom stereocenters. The minimum atomic E-state index is -0.882. The van der Waals surface area contributed by atoms with Crippen LogP contribution in [0.3, 0.4) is 0 Å². The fraction of sp³-hybridized carbons (Fsp3) is 0.103. The molecule has 0 bridgehead atoms. The first-order chi connectivity index (χ1) is 18.7. The number of ketones is 1. The SMILES string of the molecule is CC(=O)C1=NN(c2ccc([N+](=O)[O-])cc2)[C@]2(S1)SC(c1ccc(Cl)cc1)(c1ccc(Cl)cc1)c1ccccc12. The third kappa shape index (κ3) is 4.14. The molecule has 0 fully saturated rings. The van der Waals surface area contributed by atoms with Gasteiger partial charge < -0.3 is 0 Å². The van der Waals surface area contributed by atoms with Gasteiger partial charge in [0.1, 0.15) is 0 Å². The van der Waals surface area contributed by atoms with Crippen LogP contribution >= 0.6 is 46.7 Å². The predicted octanol–water partition coefficient (Wildman–Crippen LogP) is 8.21. The van der Waals surface area contributed by atoms with E-state index in [-0.39, 0.29) is 11.5 Å². The fourth-order valence-electron chi connectivity index (χ4n) is 5.02. The molecule has 0 aromatic heterocycles. The van der Waals surface area contributed by atoms with E-state index in [1.165, 1.54) is 30.8 Å². The summed E-state index contributed by atoms with van der Waals surface area (Å²) >= 11 is 15.6. The first kappa shape index (κ1) is 26.0. The standard InChI is InChI=1S/C29H19Cl2N3O3S2/c1-18(35)27-32-33(23-14-16-24(17-15-23)34(36)37)29(38-27)26-5-3-2-4-25(26)28(39-29,19-6-10-21(30)11-7-19)20-8-12-22(31)13-9-20/h2-17H,1H3/t29-/m1/s1. The van der Waals surface area contributed by atoms with Gasteiger partial charge in [-0.2, -0.15) is 5.10 Å². The highest BCUT2D eigenvalue weighted by atomic mass is 35.5. The van der Waals surface area contributed by atoms with Crippen molar-refractivity contribution < 1.29 is 9.72 Å². The molecular weight excluding hydrogens is 573 g/mol. The van der Waals surface area contributed by atoms with Crippen LogP contribution in [0.1, 0.15) is 29.2 Å². The molecule has 0 saturated carbocycles. The monoisotopic (exact) mass is 591 g/mol. The van der Waals surface area contributed by atoms with Gasteiger partial charge in [-0.15, -0.1) is 0 Å². The molecule has 2 heterocycles. The Labute approximate surface area is 243 Å². The van der Waals surface area contributed by atoms with E-state index in [0.29, 0.717) is 20.8 Å². The van der Waals surface area contributed by atoms with Crippen molar-refractivity contribution in [3.05, 3.63) is 139 Å². The molecule has 1 spiro atoms. The summed E-state index contributed by atoms with van der Waals surface area (Å²) in [6.45, 7) is 1.50. The van der Waals surface area contributed by atoms with Gasteiger partial charge in [-0.05, 0) is 53.1 Å². The predicted molar refractivity (Wildman–Crippen MR) is 160 cm³/mol. The number of halogens is 2. The largest absolute Gasteiger partial charge is 0.292 e. The van der Waals surface area contributed by atoms with Crippen LogP contribution in [0.4, 0.5) is 11.4 Å². The van der Waals surface area contributed by atoms with Gasteiger partial charge in [0.25, 0.3) is 5.69 Å². The van der Waals surface area contributed by atoms with Crippen LogP contribution in [0.5, 0.6) is 0 Å². The number of benzene rings is 4. The Balaban J connectivity index is 1.62. The first-order valence-corrected chi connectivity index (χ1v) is 14.3. The Kier molecular flexibility index (Phi) is 6.46. The van der Waals surface area contributed by atoms with Gasteiger partial charge >= 0.3 is 0 Å². The molecule has 4 aromatic rings. The number of hydrogen-bond acceptors (Lipinski definition) is 7. The summed E-state index contributed by atoms with van der Waals surface area (Å²) in [5.74, 6) is -0.155. The number of hydrazone groups is 1. The summed E-state index contributed by atoms with van der Waals surface area (Å²) in [5.41, 5.74) is 4.64. The van der Waals surface area contributed by atoms with Crippen LogP contribution in [0.2, 0.25) is 10.0 Å². The molecule has 0 saturated heterocycles. The molecule has 0 unspecified atom stereocenters. The zero-order valence-corrected chi connectivity index (χ0v) is 23.5. The summed E-state index contributed by atoms with van der Waals surface area (Å²) in [6.07, 6.45) is 0. The lowest BCUT2D eigenvalue weighted by Crippen LogP contribution is -2.34. The number of thioether (sulfide) groups is 2. The van der Waals surface area contributed by atoms with Gasteiger partial charge in [-0.3, -0.25) is 14.9 Å². The average molecular weight is 593 g/mol. The third-order valence-corrected chi connectivity index (χ3v) is 10.7. The van der Waals surface area contributed by atoms with Crippen molar-refractivity contribution in [3.63, 3.8) is 0 Å². The Morgan fingerprint density at radius 1 is 0.846 bits per heavy atom. The summed E-state index contributed by atoms with van der Waals surface area (Å²) in [7, 11) is 0. The van der Waals surface area contributed by atoms with Gasteiger partial charge in [0, 0.05) is 34.7 Å². The van der Waals surface area contributed by atoms with E-state index in [4.69, 9.17) is 28.3 Å². The van der Waals surface area contributed by atoms with Crippen molar-refractivity contribution in [1.82, 2.24) is 0 Å². The van der Waals surface area contributed by atoms with E-state index >= 15 is 0 Å². The van der Waals surface area contributed by atoms with Crippen molar-refractivity contribution >= 4 is 68.9 Å².